The topological polar surface area (TPSA) is 38.3 Å². The molecule has 112 valence electrons. The molecule has 1 aromatic carbocycles. The molecule has 1 heterocycles. The number of carbonyl (C=O) groups excluding carboxylic acids is 1. The molecule has 21 heavy (non-hydrogen) atoms. The van der Waals surface area contributed by atoms with Crippen LogP contribution in [0.1, 0.15) is 42.7 Å². The van der Waals surface area contributed by atoms with Crippen molar-refractivity contribution in [2.75, 3.05) is 0 Å². The normalized spacial score (nSPS) is 12.2. The highest BCUT2D eigenvalue weighted by Crippen LogP contribution is 2.21. The zero-order chi connectivity index (χ0) is 15.4. The second-order valence-electron chi connectivity index (χ2n) is 5.07. The van der Waals surface area contributed by atoms with Crippen LogP contribution in [0.2, 0.25) is 0 Å². The van der Waals surface area contributed by atoms with Crippen LogP contribution in [-0.2, 0) is 0 Å². The highest BCUT2D eigenvalue weighted by molar-refractivity contribution is 14.1. The summed E-state index contributed by atoms with van der Waals surface area (Å²) in [5.41, 5.74) is 1.75. The van der Waals surface area contributed by atoms with Crippen LogP contribution in [0.15, 0.2) is 35.7 Å². The molecule has 0 saturated heterocycles. The van der Waals surface area contributed by atoms with Gasteiger partial charge in [-0.1, -0.05) is 12.1 Å². The van der Waals surface area contributed by atoms with Crippen molar-refractivity contribution in [1.82, 2.24) is 5.32 Å². The fourth-order valence-electron chi connectivity index (χ4n) is 1.92. The van der Waals surface area contributed by atoms with Crippen LogP contribution in [0.4, 0.5) is 0 Å². The molecule has 0 radical (unpaired) electrons. The maximum Gasteiger partial charge on any atom is 0.252 e. The van der Waals surface area contributed by atoms with Gasteiger partial charge in [-0.2, -0.15) is 0 Å². The summed E-state index contributed by atoms with van der Waals surface area (Å²) in [4.78, 5) is 12.2. The maximum atomic E-state index is 12.2. The largest absolute Gasteiger partial charge is 0.491 e. The lowest BCUT2D eigenvalue weighted by Gasteiger charge is -2.16. The molecule has 0 saturated carbocycles. The third-order valence-corrected chi connectivity index (χ3v) is 4.70. The molecule has 1 atom stereocenters. The van der Waals surface area contributed by atoms with Crippen molar-refractivity contribution < 1.29 is 9.53 Å². The number of hydrogen-bond donors (Lipinski definition) is 1. The SMILES string of the molecule is CC(C)Oc1cccc(C(C)NC(=O)c2csc(I)c2)c1. The van der Waals surface area contributed by atoms with Crippen LogP contribution >= 0.6 is 33.9 Å². The zero-order valence-electron chi connectivity index (χ0n) is 12.2. The van der Waals surface area contributed by atoms with Crippen LogP contribution in [0, 0.1) is 2.88 Å². The van der Waals surface area contributed by atoms with Gasteiger partial charge >= 0.3 is 0 Å². The number of hydrogen-bond acceptors (Lipinski definition) is 3. The van der Waals surface area contributed by atoms with E-state index < -0.39 is 0 Å². The molecule has 1 N–H and O–H groups in total. The third kappa shape index (κ3) is 4.71. The first-order valence-corrected chi connectivity index (χ1v) is 8.73. The Bertz CT molecular complexity index is 624. The average Bonchev–Trinajstić information content (AvgIpc) is 2.85. The quantitative estimate of drug-likeness (QED) is 0.724. The van der Waals surface area contributed by atoms with Gasteiger partial charge in [0.2, 0.25) is 0 Å². The summed E-state index contributed by atoms with van der Waals surface area (Å²) in [7, 11) is 0. The molecule has 0 bridgehead atoms. The van der Waals surface area contributed by atoms with E-state index in [1.165, 1.54) is 0 Å². The van der Waals surface area contributed by atoms with E-state index in [9.17, 15) is 4.79 Å². The first-order chi connectivity index (χ1) is 9.95. The second-order valence-corrected chi connectivity index (χ2v) is 7.88. The van der Waals surface area contributed by atoms with Crippen LogP contribution in [0.25, 0.3) is 0 Å². The fourth-order valence-corrected chi connectivity index (χ4v) is 3.25. The molecule has 0 aliphatic rings. The number of thiophene rings is 1. The highest BCUT2D eigenvalue weighted by atomic mass is 127. The molecule has 1 aromatic heterocycles. The molecule has 1 amide bonds. The minimum atomic E-state index is -0.0641. The molecular weight excluding hydrogens is 397 g/mol. The Balaban J connectivity index is 2.06. The lowest BCUT2D eigenvalue weighted by molar-refractivity contribution is 0.0940. The minimum absolute atomic E-state index is 0.0446. The molecule has 2 rings (SSSR count). The van der Waals surface area contributed by atoms with Crippen molar-refractivity contribution in [1.29, 1.82) is 0 Å². The van der Waals surface area contributed by atoms with Crippen LogP contribution < -0.4 is 10.1 Å². The fraction of sp³-hybridized carbons (Fsp3) is 0.312. The first-order valence-electron chi connectivity index (χ1n) is 6.77. The third-order valence-electron chi connectivity index (χ3n) is 2.91. The van der Waals surface area contributed by atoms with Crippen molar-refractivity contribution in [3.63, 3.8) is 0 Å². The van der Waals surface area contributed by atoms with Crippen molar-refractivity contribution >= 4 is 39.8 Å². The molecule has 0 spiro atoms. The molecule has 0 fully saturated rings. The van der Waals surface area contributed by atoms with Crippen molar-refractivity contribution in [3.05, 3.63) is 49.7 Å². The average molecular weight is 415 g/mol. The van der Waals surface area contributed by atoms with Gasteiger partial charge in [-0.15, -0.1) is 11.3 Å². The summed E-state index contributed by atoms with van der Waals surface area (Å²) in [6.07, 6.45) is 0.137. The number of carbonyl (C=O) groups is 1. The molecule has 1 unspecified atom stereocenters. The van der Waals surface area contributed by atoms with E-state index in [1.807, 2.05) is 56.5 Å². The Hall–Kier alpha value is -1.08. The number of nitrogens with one attached hydrogen (secondary N) is 1. The molecule has 0 aliphatic heterocycles. The maximum absolute atomic E-state index is 12.2. The number of benzene rings is 1. The molecule has 3 nitrogen and oxygen atoms in total. The smallest absolute Gasteiger partial charge is 0.252 e. The van der Waals surface area contributed by atoms with E-state index in [0.717, 1.165) is 14.2 Å². The Labute approximate surface area is 142 Å². The molecule has 0 aliphatic carbocycles. The molecular formula is C16H18INO2S. The lowest BCUT2D eigenvalue weighted by Crippen LogP contribution is -2.26. The Morgan fingerprint density at radius 2 is 2.05 bits per heavy atom. The van der Waals surface area contributed by atoms with Crippen LogP contribution in [-0.4, -0.2) is 12.0 Å². The summed E-state index contributed by atoms with van der Waals surface area (Å²) in [5.74, 6) is 0.783. The lowest BCUT2D eigenvalue weighted by atomic mass is 10.1. The molecule has 5 heteroatoms. The van der Waals surface area contributed by atoms with Crippen molar-refractivity contribution in [3.8, 4) is 5.75 Å². The van der Waals surface area contributed by atoms with Gasteiger partial charge in [0.05, 0.1) is 20.6 Å². The Kier molecular flexibility index (Phi) is 5.64. The summed E-state index contributed by atoms with van der Waals surface area (Å²) in [5, 5.41) is 4.89. The first kappa shape index (κ1) is 16.3. The van der Waals surface area contributed by atoms with E-state index in [4.69, 9.17) is 4.74 Å². The van der Waals surface area contributed by atoms with Crippen molar-refractivity contribution in [2.45, 2.75) is 32.9 Å². The van der Waals surface area contributed by atoms with E-state index in [0.29, 0.717) is 5.56 Å². The van der Waals surface area contributed by atoms with E-state index in [1.54, 1.807) is 11.3 Å². The number of rotatable bonds is 5. The van der Waals surface area contributed by atoms with Gasteiger partial charge in [0.25, 0.3) is 5.91 Å². The monoisotopic (exact) mass is 415 g/mol. The zero-order valence-corrected chi connectivity index (χ0v) is 15.2. The van der Waals surface area contributed by atoms with Crippen molar-refractivity contribution in [2.24, 2.45) is 0 Å². The van der Waals surface area contributed by atoms with Crippen LogP contribution in [0.3, 0.4) is 0 Å². The van der Waals surface area contributed by atoms with Crippen LogP contribution in [0.5, 0.6) is 5.75 Å². The van der Waals surface area contributed by atoms with Gasteiger partial charge < -0.3 is 10.1 Å². The predicted molar refractivity (Wildman–Crippen MR) is 95.1 cm³/mol. The summed E-state index contributed by atoms with van der Waals surface area (Å²) in [6, 6.07) is 9.68. The second kappa shape index (κ2) is 7.26. The van der Waals surface area contributed by atoms with Gasteiger partial charge in [0.15, 0.2) is 0 Å². The summed E-state index contributed by atoms with van der Waals surface area (Å²) in [6.45, 7) is 5.97. The number of halogens is 1. The number of amides is 1. The standard InChI is InChI=1S/C16H18INO2S/c1-10(2)20-14-6-4-5-12(7-14)11(3)18-16(19)13-8-15(17)21-9-13/h4-11H,1-3H3,(H,18,19). The Morgan fingerprint density at radius 3 is 2.67 bits per heavy atom. The molecule has 2 aromatic rings. The van der Waals surface area contributed by atoms with Gasteiger partial charge in [0.1, 0.15) is 5.75 Å². The highest BCUT2D eigenvalue weighted by Gasteiger charge is 2.13. The van der Waals surface area contributed by atoms with E-state index in [2.05, 4.69) is 27.9 Å². The van der Waals surface area contributed by atoms with E-state index >= 15 is 0 Å². The van der Waals surface area contributed by atoms with Gasteiger partial charge in [-0.05, 0) is 67.1 Å². The minimum Gasteiger partial charge on any atom is -0.491 e. The van der Waals surface area contributed by atoms with Gasteiger partial charge in [-0.3, -0.25) is 4.79 Å². The summed E-state index contributed by atoms with van der Waals surface area (Å²) < 4.78 is 6.79. The predicted octanol–water partition coefficient (Wildman–Crippen LogP) is 4.63. The van der Waals surface area contributed by atoms with E-state index in [-0.39, 0.29) is 18.1 Å². The van der Waals surface area contributed by atoms with Gasteiger partial charge in [-0.25, -0.2) is 0 Å². The van der Waals surface area contributed by atoms with Gasteiger partial charge in [0, 0.05) is 5.38 Å². The number of ether oxygens (including phenoxy) is 1. The summed E-state index contributed by atoms with van der Waals surface area (Å²) >= 11 is 3.79. The Morgan fingerprint density at radius 1 is 1.29 bits per heavy atom.